The third-order valence-corrected chi connectivity index (χ3v) is 4.52. The second-order valence-corrected chi connectivity index (χ2v) is 6.98. The Bertz CT molecular complexity index is 490. The van der Waals surface area contributed by atoms with Crippen molar-refractivity contribution in [2.45, 2.75) is 26.1 Å². The van der Waals surface area contributed by atoms with Crippen LogP contribution in [0.25, 0.3) is 0 Å². The molecule has 0 aromatic carbocycles. The number of halogens is 3. The number of fused-ring (bicyclic) bond motifs is 1. The van der Waals surface area contributed by atoms with Gasteiger partial charge in [0.2, 0.25) is 5.91 Å². The molecule has 2 rings (SSSR count). The number of hydrogen-bond donors (Lipinski definition) is 0. The predicted octanol–water partition coefficient (Wildman–Crippen LogP) is 1.37. The molecule has 6 nitrogen and oxygen atoms in total. The summed E-state index contributed by atoms with van der Waals surface area (Å²) in [6.07, 6.45) is -4.53. The summed E-state index contributed by atoms with van der Waals surface area (Å²) in [7, 11) is 0. The summed E-state index contributed by atoms with van der Waals surface area (Å²) >= 11 is 1.43. The average molecular weight is 353 g/mol. The first kappa shape index (κ1) is 17.9. The number of nitrogens with zero attached hydrogens (tertiary/aromatic N) is 3. The van der Waals surface area contributed by atoms with Gasteiger partial charge in [-0.1, -0.05) is 13.8 Å². The van der Waals surface area contributed by atoms with Crippen molar-refractivity contribution >= 4 is 29.6 Å². The van der Waals surface area contributed by atoms with Crippen LogP contribution < -0.4 is 0 Å². The highest BCUT2D eigenvalue weighted by Crippen LogP contribution is 2.29. The van der Waals surface area contributed by atoms with E-state index < -0.39 is 43.2 Å². The first-order valence-corrected chi connectivity index (χ1v) is 8.30. The lowest BCUT2D eigenvalue weighted by Crippen LogP contribution is -2.47. The second-order valence-electron chi connectivity index (χ2n) is 5.98. The van der Waals surface area contributed by atoms with Crippen molar-refractivity contribution < 1.29 is 27.6 Å². The van der Waals surface area contributed by atoms with E-state index >= 15 is 0 Å². The van der Waals surface area contributed by atoms with Gasteiger partial charge in [0.1, 0.15) is 19.1 Å². The highest BCUT2D eigenvalue weighted by Gasteiger charge is 2.48. The molecule has 130 valence electrons. The van der Waals surface area contributed by atoms with Gasteiger partial charge in [0.25, 0.3) is 5.91 Å². The fraction of sp³-hybridized carbons (Fsp3) is 0.769. The first-order valence-electron chi connectivity index (χ1n) is 7.14. The molecule has 2 aliphatic rings. The van der Waals surface area contributed by atoms with Gasteiger partial charge >= 0.3 is 12.2 Å². The van der Waals surface area contributed by atoms with Crippen molar-refractivity contribution in [2.75, 3.05) is 31.3 Å². The molecule has 1 atom stereocenters. The smallest absolute Gasteiger partial charge is 0.332 e. The summed E-state index contributed by atoms with van der Waals surface area (Å²) < 4.78 is 37.9. The minimum absolute atomic E-state index is 0.0858. The third-order valence-electron chi connectivity index (χ3n) is 3.51. The Morgan fingerprint density at radius 3 is 2.57 bits per heavy atom. The van der Waals surface area contributed by atoms with Gasteiger partial charge in [0.05, 0.1) is 5.88 Å². The van der Waals surface area contributed by atoms with Crippen LogP contribution in [0.2, 0.25) is 0 Å². The zero-order valence-electron chi connectivity index (χ0n) is 12.8. The minimum Gasteiger partial charge on any atom is -0.332 e. The van der Waals surface area contributed by atoms with Crippen LogP contribution in [0.15, 0.2) is 0 Å². The van der Waals surface area contributed by atoms with Crippen molar-refractivity contribution in [2.24, 2.45) is 5.92 Å². The summed E-state index contributed by atoms with van der Waals surface area (Å²) in [5.41, 5.74) is 0. The van der Waals surface area contributed by atoms with Crippen LogP contribution in [0.3, 0.4) is 0 Å². The van der Waals surface area contributed by atoms with E-state index in [1.165, 1.54) is 16.7 Å². The predicted molar refractivity (Wildman–Crippen MR) is 77.5 cm³/mol. The van der Waals surface area contributed by atoms with Crippen LogP contribution in [0, 0.1) is 5.92 Å². The minimum atomic E-state index is -4.53. The number of alkyl halides is 3. The summed E-state index contributed by atoms with van der Waals surface area (Å²) in [6.45, 7) is 1.27. The standard InChI is InChI=1S/C13H18F3N3O3S/c1-8(2)3-17(6-13(14,15)16)10(20)4-18-11(21)9-5-23-7-19(9)12(18)22/h8-9H,3-7H2,1-2H3. The fourth-order valence-electron chi connectivity index (χ4n) is 2.56. The van der Waals surface area contributed by atoms with E-state index in [9.17, 15) is 27.6 Å². The Morgan fingerprint density at radius 2 is 2.04 bits per heavy atom. The average Bonchev–Trinajstić information content (AvgIpc) is 2.96. The topological polar surface area (TPSA) is 60.9 Å². The quantitative estimate of drug-likeness (QED) is 0.701. The number of thioether (sulfide) groups is 1. The van der Waals surface area contributed by atoms with E-state index in [1.54, 1.807) is 13.8 Å². The molecular weight excluding hydrogens is 335 g/mol. The van der Waals surface area contributed by atoms with Crippen molar-refractivity contribution in [3.05, 3.63) is 0 Å². The number of hydrogen-bond acceptors (Lipinski definition) is 4. The normalized spacial score (nSPS) is 21.4. The van der Waals surface area contributed by atoms with Gasteiger partial charge in [-0.05, 0) is 5.92 Å². The molecule has 0 radical (unpaired) electrons. The van der Waals surface area contributed by atoms with Crippen LogP contribution in [0.5, 0.6) is 0 Å². The van der Waals surface area contributed by atoms with E-state index in [0.717, 1.165) is 4.90 Å². The number of rotatable bonds is 5. The maximum atomic E-state index is 12.6. The SMILES string of the molecule is CC(C)CN(CC(F)(F)F)C(=O)CN1C(=O)C2CSCN2C1=O. The lowest BCUT2D eigenvalue weighted by atomic mass is 10.2. The lowest BCUT2D eigenvalue weighted by Gasteiger charge is -2.27. The Morgan fingerprint density at radius 1 is 1.39 bits per heavy atom. The van der Waals surface area contributed by atoms with Gasteiger partial charge in [-0.15, -0.1) is 11.8 Å². The summed E-state index contributed by atoms with van der Waals surface area (Å²) in [5.74, 6) is -0.728. The molecule has 2 aliphatic heterocycles. The zero-order valence-corrected chi connectivity index (χ0v) is 13.6. The number of carbonyl (C=O) groups is 3. The van der Waals surface area contributed by atoms with Gasteiger partial charge in [0, 0.05) is 12.3 Å². The van der Waals surface area contributed by atoms with Crippen molar-refractivity contribution in [3.63, 3.8) is 0 Å². The number of carbonyl (C=O) groups excluding carboxylic acids is 3. The van der Waals surface area contributed by atoms with Crippen LogP contribution in [0.4, 0.5) is 18.0 Å². The van der Waals surface area contributed by atoms with Gasteiger partial charge in [-0.2, -0.15) is 13.2 Å². The summed E-state index contributed by atoms with van der Waals surface area (Å²) in [6, 6.07) is -1.20. The maximum absolute atomic E-state index is 12.6. The molecule has 1 unspecified atom stereocenters. The van der Waals surface area contributed by atoms with Crippen molar-refractivity contribution in [3.8, 4) is 0 Å². The first-order chi connectivity index (χ1) is 10.6. The van der Waals surface area contributed by atoms with Crippen LogP contribution in [-0.4, -0.2) is 76.0 Å². The molecular formula is C13H18F3N3O3S. The molecule has 4 amide bonds. The van der Waals surface area contributed by atoms with E-state index in [-0.39, 0.29) is 12.5 Å². The van der Waals surface area contributed by atoms with E-state index in [2.05, 4.69) is 0 Å². The molecule has 2 saturated heterocycles. The second kappa shape index (κ2) is 6.58. The number of amides is 4. The van der Waals surface area contributed by atoms with Gasteiger partial charge < -0.3 is 9.80 Å². The Labute approximate surface area is 135 Å². The molecule has 0 aromatic rings. The van der Waals surface area contributed by atoms with E-state index in [0.29, 0.717) is 16.5 Å². The van der Waals surface area contributed by atoms with Crippen LogP contribution in [-0.2, 0) is 9.59 Å². The molecule has 0 N–H and O–H groups in total. The molecule has 2 fully saturated rings. The Balaban J connectivity index is 2.06. The van der Waals surface area contributed by atoms with E-state index in [1.807, 2.05) is 0 Å². The molecule has 10 heteroatoms. The van der Waals surface area contributed by atoms with Gasteiger partial charge in [-0.3, -0.25) is 14.5 Å². The molecule has 0 bridgehead atoms. The molecule has 0 saturated carbocycles. The zero-order chi connectivity index (χ0) is 17.4. The molecule has 2 heterocycles. The van der Waals surface area contributed by atoms with Crippen molar-refractivity contribution in [1.82, 2.24) is 14.7 Å². The molecule has 0 spiro atoms. The molecule has 0 aromatic heterocycles. The summed E-state index contributed by atoms with van der Waals surface area (Å²) in [4.78, 5) is 39.1. The van der Waals surface area contributed by atoms with Gasteiger partial charge in [0.15, 0.2) is 0 Å². The summed E-state index contributed by atoms with van der Waals surface area (Å²) in [5, 5.41) is 0. The van der Waals surface area contributed by atoms with Crippen LogP contribution in [0.1, 0.15) is 13.8 Å². The van der Waals surface area contributed by atoms with Gasteiger partial charge in [-0.25, -0.2) is 4.79 Å². The molecule has 23 heavy (non-hydrogen) atoms. The van der Waals surface area contributed by atoms with Crippen molar-refractivity contribution in [1.29, 1.82) is 0 Å². The number of imide groups is 1. The third kappa shape index (κ3) is 4.10. The Kier molecular flexibility index (Phi) is 5.12. The number of urea groups is 1. The van der Waals surface area contributed by atoms with Crippen LogP contribution >= 0.6 is 11.8 Å². The van der Waals surface area contributed by atoms with E-state index in [4.69, 9.17) is 0 Å². The fourth-order valence-corrected chi connectivity index (χ4v) is 3.70. The maximum Gasteiger partial charge on any atom is 0.406 e. The highest BCUT2D eigenvalue weighted by molar-refractivity contribution is 7.99. The largest absolute Gasteiger partial charge is 0.406 e. The monoisotopic (exact) mass is 353 g/mol. The Hall–Kier alpha value is -1.45. The molecule has 0 aliphatic carbocycles. The lowest BCUT2D eigenvalue weighted by molar-refractivity contribution is -0.162. The highest BCUT2D eigenvalue weighted by atomic mass is 32.2.